The molecule has 1 heterocycles. The third-order valence-electron chi connectivity index (χ3n) is 3.53. The second-order valence-electron chi connectivity index (χ2n) is 6.84. The van der Waals surface area contributed by atoms with Crippen LogP contribution in [-0.2, 0) is 9.47 Å². The number of hydrogen-bond donors (Lipinski definition) is 0. The van der Waals surface area contributed by atoms with Crippen LogP contribution in [0.15, 0.2) is 31.7 Å². The van der Waals surface area contributed by atoms with E-state index in [1.807, 2.05) is 52.0 Å². The van der Waals surface area contributed by atoms with Crippen molar-refractivity contribution in [1.82, 2.24) is 4.90 Å². The Kier molecular flexibility index (Phi) is 7.39. The molecule has 0 saturated carbocycles. The number of ether oxygens (including phenoxy) is 2. The van der Waals surface area contributed by atoms with Crippen LogP contribution in [0.1, 0.15) is 26.3 Å². The van der Waals surface area contributed by atoms with E-state index in [1.165, 1.54) is 0 Å². The molecule has 0 bridgehead atoms. The summed E-state index contributed by atoms with van der Waals surface area (Å²) in [6, 6.07) is 7.91. The molecule has 2 rings (SSSR count). The molecule has 138 valence electrons. The van der Waals surface area contributed by atoms with Crippen LogP contribution in [0.2, 0.25) is 0 Å². The monoisotopic (exact) mass is 570 g/mol. The summed E-state index contributed by atoms with van der Waals surface area (Å²) in [4.78, 5) is 16.9. The highest BCUT2D eigenvalue weighted by Crippen LogP contribution is 2.32. The van der Waals surface area contributed by atoms with Gasteiger partial charge in [0.15, 0.2) is 0 Å². The lowest BCUT2D eigenvalue weighted by Gasteiger charge is -2.37. The molecule has 7 heteroatoms. The SMILES string of the molecule is Cc1cccc(N(C(=O)OC(C)(C)C)C(=C(I)I)N2CCOCC2)c1. The second kappa shape index (κ2) is 8.90. The highest BCUT2D eigenvalue weighted by atomic mass is 127. The van der Waals surface area contributed by atoms with Crippen molar-refractivity contribution in [3.63, 3.8) is 0 Å². The van der Waals surface area contributed by atoms with E-state index in [1.54, 1.807) is 4.90 Å². The van der Waals surface area contributed by atoms with Crippen molar-refractivity contribution in [2.75, 3.05) is 31.2 Å². The summed E-state index contributed by atoms with van der Waals surface area (Å²) in [6.07, 6.45) is -0.370. The van der Waals surface area contributed by atoms with Gasteiger partial charge in [-0.1, -0.05) is 12.1 Å². The number of carbonyl (C=O) groups excluding carboxylic acids is 1. The fourth-order valence-corrected chi connectivity index (χ4v) is 3.67. The van der Waals surface area contributed by atoms with Crippen LogP contribution < -0.4 is 4.90 Å². The highest BCUT2D eigenvalue weighted by Gasteiger charge is 2.31. The van der Waals surface area contributed by atoms with Gasteiger partial charge >= 0.3 is 6.09 Å². The van der Waals surface area contributed by atoms with E-state index in [-0.39, 0.29) is 6.09 Å². The number of carbonyl (C=O) groups is 1. The fraction of sp³-hybridized carbons (Fsp3) is 0.500. The second-order valence-corrected chi connectivity index (χ2v) is 11.1. The van der Waals surface area contributed by atoms with Crippen molar-refractivity contribution in [3.8, 4) is 0 Å². The molecule has 1 saturated heterocycles. The summed E-state index contributed by atoms with van der Waals surface area (Å²) in [5.41, 5.74) is 1.34. The van der Waals surface area contributed by atoms with Crippen molar-refractivity contribution >= 4 is 57.0 Å². The van der Waals surface area contributed by atoms with E-state index >= 15 is 0 Å². The van der Waals surface area contributed by atoms with Crippen LogP contribution in [0.4, 0.5) is 10.5 Å². The molecule has 0 radical (unpaired) electrons. The number of benzene rings is 1. The molecule has 1 aromatic rings. The minimum Gasteiger partial charge on any atom is -0.443 e. The van der Waals surface area contributed by atoms with Crippen molar-refractivity contribution in [1.29, 1.82) is 0 Å². The fourth-order valence-electron chi connectivity index (χ4n) is 2.51. The zero-order chi connectivity index (χ0) is 18.6. The minimum absolute atomic E-state index is 0.370. The zero-order valence-corrected chi connectivity index (χ0v) is 19.3. The topological polar surface area (TPSA) is 42.0 Å². The zero-order valence-electron chi connectivity index (χ0n) is 15.0. The van der Waals surface area contributed by atoms with Gasteiger partial charge in [0.05, 0.1) is 20.5 Å². The van der Waals surface area contributed by atoms with Crippen LogP contribution in [-0.4, -0.2) is 42.9 Å². The van der Waals surface area contributed by atoms with Crippen molar-refractivity contribution in [2.45, 2.75) is 33.3 Å². The molecular formula is C18H24I2N2O3. The average Bonchev–Trinajstić information content (AvgIpc) is 2.51. The van der Waals surface area contributed by atoms with Gasteiger partial charge in [-0.05, 0) is 90.6 Å². The smallest absolute Gasteiger partial charge is 0.420 e. The molecular weight excluding hydrogens is 546 g/mol. The quantitative estimate of drug-likeness (QED) is 0.477. The van der Waals surface area contributed by atoms with Crippen LogP contribution in [0.3, 0.4) is 0 Å². The predicted octanol–water partition coefficient (Wildman–Crippen LogP) is 5.07. The number of aryl methyl sites for hydroxylation is 1. The maximum Gasteiger partial charge on any atom is 0.420 e. The number of nitrogens with zero attached hydrogens (tertiary/aromatic N) is 2. The Morgan fingerprint density at radius 2 is 1.88 bits per heavy atom. The largest absolute Gasteiger partial charge is 0.443 e. The maximum atomic E-state index is 13.1. The molecule has 1 aliphatic rings. The van der Waals surface area contributed by atoms with E-state index in [0.717, 1.165) is 31.7 Å². The molecule has 1 amide bonds. The first-order valence-electron chi connectivity index (χ1n) is 8.17. The number of rotatable bonds is 3. The van der Waals surface area contributed by atoms with Crippen molar-refractivity contribution in [3.05, 3.63) is 37.2 Å². The van der Waals surface area contributed by atoms with E-state index in [4.69, 9.17) is 9.47 Å². The summed E-state index contributed by atoms with van der Waals surface area (Å²) in [5, 5.41) is 0. The van der Waals surface area contributed by atoms with E-state index in [2.05, 4.69) is 50.1 Å². The Labute approximate surface area is 177 Å². The Balaban J connectivity index is 2.48. The number of morpholine rings is 1. The van der Waals surface area contributed by atoms with Crippen LogP contribution in [0.25, 0.3) is 0 Å². The van der Waals surface area contributed by atoms with Gasteiger partial charge in [0.1, 0.15) is 11.4 Å². The van der Waals surface area contributed by atoms with Gasteiger partial charge in [-0.15, -0.1) is 0 Å². The lowest BCUT2D eigenvalue weighted by Crippen LogP contribution is -2.46. The molecule has 0 aliphatic carbocycles. The van der Waals surface area contributed by atoms with Crippen LogP contribution >= 0.6 is 45.2 Å². The van der Waals surface area contributed by atoms with E-state index < -0.39 is 5.60 Å². The lowest BCUT2D eigenvalue weighted by atomic mass is 10.2. The highest BCUT2D eigenvalue weighted by molar-refractivity contribution is 14.2. The third-order valence-corrected chi connectivity index (χ3v) is 4.49. The standard InChI is InChI=1S/C18H24I2N2O3/c1-13-6-5-7-14(12-13)22(17(23)25-18(2,3)4)16(15(19)20)21-8-10-24-11-9-21/h5-7,12H,8-11H2,1-4H3. The summed E-state index contributed by atoms with van der Waals surface area (Å²) < 4.78 is 12.2. The predicted molar refractivity (Wildman–Crippen MR) is 117 cm³/mol. The molecule has 1 fully saturated rings. The molecule has 5 nitrogen and oxygen atoms in total. The summed E-state index contributed by atoms with van der Waals surface area (Å²) in [5.74, 6) is 0.851. The van der Waals surface area contributed by atoms with E-state index in [0.29, 0.717) is 13.2 Å². The van der Waals surface area contributed by atoms with Gasteiger partial charge in [-0.2, -0.15) is 0 Å². The minimum atomic E-state index is -0.564. The number of halogens is 2. The number of hydrogen-bond acceptors (Lipinski definition) is 4. The first-order chi connectivity index (χ1) is 11.7. The van der Waals surface area contributed by atoms with Gasteiger partial charge in [0.25, 0.3) is 0 Å². The Hall–Kier alpha value is -0.550. The molecule has 0 atom stereocenters. The lowest BCUT2D eigenvalue weighted by molar-refractivity contribution is 0.0445. The summed E-state index contributed by atoms with van der Waals surface area (Å²) >= 11 is 4.52. The summed E-state index contributed by atoms with van der Waals surface area (Å²) in [6.45, 7) is 10.5. The van der Waals surface area contributed by atoms with Gasteiger partial charge in [0.2, 0.25) is 0 Å². The van der Waals surface area contributed by atoms with Gasteiger partial charge < -0.3 is 14.4 Å². The first-order valence-corrected chi connectivity index (χ1v) is 10.3. The van der Waals surface area contributed by atoms with Gasteiger partial charge in [-0.3, -0.25) is 0 Å². The molecule has 0 spiro atoms. The average molecular weight is 570 g/mol. The molecule has 0 aromatic heterocycles. The van der Waals surface area contributed by atoms with Crippen LogP contribution in [0.5, 0.6) is 0 Å². The Bertz CT molecular complexity index is 646. The first kappa shape index (κ1) is 20.8. The normalized spacial score (nSPS) is 14.9. The van der Waals surface area contributed by atoms with Crippen molar-refractivity contribution in [2.24, 2.45) is 0 Å². The van der Waals surface area contributed by atoms with E-state index in [9.17, 15) is 4.79 Å². The molecule has 0 unspecified atom stereocenters. The van der Waals surface area contributed by atoms with Crippen LogP contribution in [0, 0.1) is 6.92 Å². The molecule has 1 aromatic carbocycles. The molecule has 0 N–H and O–H groups in total. The Morgan fingerprint density at radius 3 is 2.40 bits per heavy atom. The Morgan fingerprint density at radius 1 is 1.24 bits per heavy atom. The van der Waals surface area contributed by atoms with Crippen molar-refractivity contribution < 1.29 is 14.3 Å². The third kappa shape index (κ3) is 5.99. The number of anilines is 1. The molecule has 25 heavy (non-hydrogen) atoms. The maximum absolute atomic E-state index is 13.1. The number of amides is 1. The van der Waals surface area contributed by atoms with Gasteiger partial charge in [0, 0.05) is 13.1 Å². The summed E-state index contributed by atoms with van der Waals surface area (Å²) in [7, 11) is 0. The van der Waals surface area contributed by atoms with Gasteiger partial charge in [-0.25, -0.2) is 9.69 Å². The molecule has 1 aliphatic heterocycles.